The number of nitrogens with two attached hydrogens (primary N) is 1. The molecular formula is C16H26N2O. The summed E-state index contributed by atoms with van der Waals surface area (Å²) >= 11 is 0. The molecule has 0 aliphatic heterocycles. The zero-order valence-corrected chi connectivity index (χ0v) is 11.9. The zero-order chi connectivity index (χ0) is 13.4. The third-order valence-corrected chi connectivity index (χ3v) is 5.54. The minimum absolute atomic E-state index is 0.258. The van der Waals surface area contributed by atoms with Crippen LogP contribution in [0.2, 0.25) is 0 Å². The molecule has 3 nitrogen and oxygen atoms in total. The number of hydrogen-bond donors (Lipinski definition) is 1. The predicted molar refractivity (Wildman–Crippen MR) is 76.4 cm³/mol. The van der Waals surface area contributed by atoms with Crippen molar-refractivity contribution in [3.8, 4) is 0 Å². The third-order valence-electron chi connectivity index (χ3n) is 5.54. The lowest BCUT2D eigenvalue weighted by Gasteiger charge is -2.35. The Hall–Kier alpha value is -0.830. The van der Waals surface area contributed by atoms with Crippen LogP contribution < -0.4 is 5.73 Å². The summed E-state index contributed by atoms with van der Waals surface area (Å²) in [6.07, 6.45) is 10.4. The molecule has 0 aromatic rings. The van der Waals surface area contributed by atoms with Gasteiger partial charge < -0.3 is 10.6 Å². The van der Waals surface area contributed by atoms with E-state index in [-0.39, 0.29) is 5.92 Å². The molecule has 2 fully saturated rings. The SMILES string of the molecule is CCN(C(=O)C1CC2C=CC1C2)C1CCCC1CN. The van der Waals surface area contributed by atoms with Gasteiger partial charge in [0.1, 0.15) is 0 Å². The topological polar surface area (TPSA) is 46.3 Å². The summed E-state index contributed by atoms with van der Waals surface area (Å²) in [5.74, 6) is 2.38. The molecule has 2 saturated carbocycles. The smallest absolute Gasteiger partial charge is 0.226 e. The maximum atomic E-state index is 12.9. The van der Waals surface area contributed by atoms with Crippen LogP contribution in [0.5, 0.6) is 0 Å². The van der Waals surface area contributed by atoms with E-state index in [4.69, 9.17) is 5.73 Å². The number of nitrogens with zero attached hydrogens (tertiary/aromatic N) is 1. The summed E-state index contributed by atoms with van der Waals surface area (Å²) < 4.78 is 0. The lowest BCUT2D eigenvalue weighted by atomic mass is 9.90. The van der Waals surface area contributed by atoms with Gasteiger partial charge in [0.25, 0.3) is 0 Å². The number of fused-ring (bicyclic) bond motifs is 2. The summed E-state index contributed by atoms with van der Waals surface area (Å²) in [4.78, 5) is 15.0. The van der Waals surface area contributed by atoms with Crippen LogP contribution in [0, 0.1) is 23.7 Å². The van der Waals surface area contributed by atoms with Crippen molar-refractivity contribution in [1.82, 2.24) is 4.90 Å². The minimum atomic E-state index is 0.258. The molecule has 1 amide bonds. The van der Waals surface area contributed by atoms with Crippen LogP contribution in [0.4, 0.5) is 0 Å². The Morgan fingerprint density at radius 1 is 1.32 bits per heavy atom. The maximum absolute atomic E-state index is 12.9. The summed E-state index contributed by atoms with van der Waals surface area (Å²) in [6, 6.07) is 0.408. The average Bonchev–Trinajstić information content (AvgIpc) is 3.15. The van der Waals surface area contributed by atoms with Crippen molar-refractivity contribution in [1.29, 1.82) is 0 Å². The molecule has 0 radical (unpaired) electrons. The molecule has 5 atom stereocenters. The second-order valence-corrected chi connectivity index (χ2v) is 6.51. The van der Waals surface area contributed by atoms with Crippen molar-refractivity contribution in [2.24, 2.45) is 29.4 Å². The van der Waals surface area contributed by atoms with E-state index in [0.717, 1.165) is 25.9 Å². The fraction of sp³-hybridized carbons (Fsp3) is 0.812. The lowest BCUT2D eigenvalue weighted by Crippen LogP contribution is -2.47. The first kappa shape index (κ1) is 13.2. The van der Waals surface area contributed by atoms with Gasteiger partial charge in [-0.2, -0.15) is 0 Å². The molecule has 0 aromatic carbocycles. The molecule has 0 heterocycles. The van der Waals surface area contributed by atoms with Crippen LogP contribution in [0.1, 0.15) is 39.0 Å². The van der Waals surface area contributed by atoms with E-state index in [1.54, 1.807) is 0 Å². The summed E-state index contributed by atoms with van der Waals surface area (Å²) in [5.41, 5.74) is 5.88. The van der Waals surface area contributed by atoms with E-state index in [0.29, 0.717) is 29.7 Å². The van der Waals surface area contributed by atoms with Gasteiger partial charge in [-0.1, -0.05) is 18.6 Å². The highest BCUT2D eigenvalue weighted by Crippen LogP contribution is 2.45. The average molecular weight is 262 g/mol. The van der Waals surface area contributed by atoms with E-state index in [1.165, 1.54) is 19.3 Å². The van der Waals surface area contributed by atoms with E-state index in [1.807, 2.05) is 0 Å². The lowest BCUT2D eigenvalue weighted by molar-refractivity contribution is -0.139. The van der Waals surface area contributed by atoms with Gasteiger partial charge in [-0.25, -0.2) is 0 Å². The van der Waals surface area contributed by atoms with Gasteiger partial charge >= 0.3 is 0 Å². The molecule has 3 aliphatic rings. The molecule has 0 saturated heterocycles. The summed E-state index contributed by atoms with van der Waals surface area (Å²) in [6.45, 7) is 3.69. The second-order valence-electron chi connectivity index (χ2n) is 6.51. The van der Waals surface area contributed by atoms with Crippen LogP contribution in [0.15, 0.2) is 12.2 Å². The molecule has 0 spiro atoms. The monoisotopic (exact) mass is 262 g/mol. The number of amides is 1. The first-order valence-electron chi connectivity index (χ1n) is 7.93. The summed E-state index contributed by atoms with van der Waals surface area (Å²) in [7, 11) is 0. The number of hydrogen-bond acceptors (Lipinski definition) is 2. The molecule has 2 N–H and O–H groups in total. The van der Waals surface area contributed by atoms with E-state index in [9.17, 15) is 4.79 Å². The van der Waals surface area contributed by atoms with E-state index < -0.39 is 0 Å². The van der Waals surface area contributed by atoms with Gasteiger partial charge in [0.2, 0.25) is 5.91 Å². The van der Waals surface area contributed by atoms with Crippen molar-refractivity contribution >= 4 is 5.91 Å². The number of allylic oxidation sites excluding steroid dienone is 2. The number of rotatable bonds is 4. The van der Waals surface area contributed by atoms with Gasteiger partial charge in [-0.3, -0.25) is 4.79 Å². The zero-order valence-electron chi connectivity index (χ0n) is 11.9. The first-order valence-corrected chi connectivity index (χ1v) is 7.93. The highest BCUT2D eigenvalue weighted by Gasteiger charge is 2.43. The van der Waals surface area contributed by atoms with E-state index >= 15 is 0 Å². The Kier molecular flexibility index (Phi) is 3.66. The van der Waals surface area contributed by atoms with Crippen LogP contribution in [0.3, 0.4) is 0 Å². The molecule has 3 rings (SSSR count). The fourth-order valence-electron chi connectivity index (χ4n) is 4.53. The van der Waals surface area contributed by atoms with Crippen molar-refractivity contribution in [2.45, 2.75) is 45.1 Å². The van der Waals surface area contributed by atoms with Gasteiger partial charge in [0, 0.05) is 18.5 Å². The second kappa shape index (κ2) is 5.28. The Labute approximate surface area is 116 Å². The Balaban J connectivity index is 1.71. The van der Waals surface area contributed by atoms with Crippen molar-refractivity contribution in [3.63, 3.8) is 0 Å². The minimum Gasteiger partial charge on any atom is -0.339 e. The molecule has 2 bridgehead atoms. The Bertz CT molecular complexity index is 379. The largest absolute Gasteiger partial charge is 0.339 e. The highest BCUT2D eigenvalue weighted by atomic mass is 16.2. The molecule has 0 aromatic heterocycles. The third kappa shape index (κ3) is 2.22. The molecule has 19 heavy (non-hydrogen) atoms. The van der Waals surface area contributed by atoms with Gasteiger partial charge in [-0.05, 0) is 56.9 Å². The van der Waals surface area contributed by atoms with Crippen LogP contribution in [-0.2, 0) is 4.79 Å². The molecular weight excluding hydrogens is 236 g/mol. The predicted octanol–water partition coefficient (Wildman–Crippen LogP) is 2.17. The fourth-order valence-corrected chi connectivity index (χ4v) is 4.53. The van der Waals surface area contributed by atoms with Crippen molar-refractivity contribution in [3.05, 3.63) is 12.2 Å². The first-order chi connectivity index (χ1) is 9.24. The van der Waals surface area contributed by atoms with Crippen molar-refractivity contribution < 1.29 is 4.79 Å². The molecule has 106 valence electrons. The van der Waals surface area contributed by atoms with Crippen molar-refractivity contribution in [2.75, 3.05) is 13.1 Å². The summed E-state index contributed by atoms with van der Waals surface area (Å²) in [5, 5.41) is 0. The van der Waals surface area contributed by atoms with Crippen LogP contribution >= 0.6 is 0 Å². The molecule has 3 heteroatoms. The number of carbonyl (C=O) groups excluding carboxylic acids is 1. The Morgan fingerprint density at radius 2 is 2.16 bits per heavy atom. The Morgan fingerprint density at radius 3 is 2.74 bits per heavy atom. The normalized spacial score (nSPS) is 40.0. The molecule has 3 aliphatic carbocycles. The number of carbonyl (C=O) groups is 1. The quantitative estimate of drug-likeness (QED) is 0.789. The van der Waals surface area contributed by atoms with Gasteiger partial charge in [-0.15, -0.1) is 0 Å². The maximum Gasteiger partial charge on any atom is 0.226 e. The molecule has 5 unspecified atom stereocenters. The highest BCUT2D eigenvalue weighted by molar-refractivity contribution is 5.80. The van der Waals surface area contributed by atoms with Gasteiger partial charge in [0.15, 0.2) is 0 Å². The van der Waals surface area contributed by atoms with Crippen LogP contribution in [-0.4, -0.2) is 29.9 Å². The van der Waals surface area contributed by atoms with Crippen LogP contribution in [0.25, 0.3) is 0 Å². The van der Waals surface area contributed by atoms with E-state index in [2.05, 4.69) is 24.0 Å². The standard InChI is InChI=1S/C16H26N2O/c1-2-18(15-5-3-4-13(15)10-17)16(19)14-9-11-6-7-12(14)8-11/h6-7,11-15H,2-5,8-10,17H2,1H3. The van der Waals surface area contributed by atoms with Gasteiger partial charge in [0.05, 0.1) is 0 Å².